The lowest BCUT2D eigenvalue weighted by Crippen LogP contribution is -2.29. The van der Waals surface area contributed by atoms with Gasteiger partial charge in [-0.25, -0.2) is 8.78 Å². The molecule has 0 aromatic heterocycles. The Kier molecular flexibility index (Phi) is 4.54. The van der Waals surface area contributed by atoms with Gasteiger partial charge < -0.3 is 4.90 Å². The zero-order valence-corrected chi connectivity index (χ0v) is 14.2. The minimum Gasteiger partial charge on any atom is -0.327 e. The van der Waals surface area contributed by atoms with E-state index >= 15 is 0 Å². The fraction of sp³-hybridized carbons (Fsp3) is 0.176. The second-order valence-electron chi connectivity index (χ2n) is 4.97. The van der Waals surface area contributed by atoms with E-state index in [1.807, 2.05) is 55.5 Å². The summed E-state index contributed by atoms with van der Waals surface area (Å²) in [6, 6.07) is 15.6. The lowest BCUT2D eigenvalue weighted by atomic mass is 10.0. The molecule has 0 spiro atoms. The van der Waals surface area contributed by atoms with Crippen LogP contribution in [0.15, 0.2) is 64.1 Å². The van der Waals surface area contributed by atoms with E-state index in [-0.39, 0.29) is 11.1 Å². The molecule has 1 aliphatic rings. The van der Waals surface area contributed by atoms with Gasteiger partial charge in [-0.3, -0.25) is 0 Å². The molecule has 2 aromatic carbocycles. The zero-order valence-electron chi connectivity index (χ0n) is 11.8. The highest BCUT2D eigenvalue weighted by molar-refractivity contribution is 9.10. The van der Waals surface area contributed by atoms with Crippen molar-refractivity contribution in [3.63, 3.8) is 0 Å². The normalized spacial score (nSPS) is 18.0. The third-order valence-corrected chi connectivity index (χ3v) is 5.08. The van der Waals surface area contributed by atoms with Crippen LogP contribution in [0.2, 0.25) is 0 Å². The molecule has 0 bridgehead atoms. The van der Waals surface area contributed by atoms with Crippen LogP contribution in [-0.4, -0.2) is 11.8 Å². The summed E-state index contributed by atoms with van der Waals surface area (Å²) >= 11 is 4.84. The average Bonchev–Trinajstić information content (AvgIpc) is 2.90. The summed E-state index contributed by atoms with van der Waals surface area (Å²) in [5.74, 6) is 0. The highest BCUT2D eigenvalue weighted by atomic mass is 79.9. The van der Waals surface area contributed by atoms with Crippen molar-refractivity contribution in [2.45, 2.75) is 18.7 Å². The van der Waals surface area contributed by atoms with Crippen molar-refractivity contribution in [1.82, 2.24) is 0 Å². The van der Waals surface area contributed by atoms with E-state index in [4.69, 9.17) is 0 Å². The fourth-order valence-electron chi connectivity index (χ4n) is 2.54. The Morgan fingerprint density at radius 3 is 2.45 bits per heavy atom. The molecule has 0 radical (unpaired) electrons. The summed E-state index contributed by atoms with van der Waals surface area (Å²) < 4.78 is 27.6. The molecule has 2 aromatic rings. The van der Waals surface area contributed by atoms with Gasteiger partial charge in [-0.15, -0.1) is 11.8 Å². The monoisotopic (exact) mass is 381 g/mol. The van der Waals surface area contributed by atoms with Crippen LogP contribution in [0.5, 0.6) is 0 Å². The van der Waals surface area contributed by atoms with Crippen LogP contribution in [-0.2, 0) is 0 Å². The zero-order chi connectivity index (χ0) is 15.7. The highest BCUT2D eigenvalue weighted by Gasteiger charge is 2.31. The topological polar surface area (TPSA) is 3.24 Å². The van der Waals surface area contributed by atoms with Crippen molar-refractivity contribution < 1.29 is 8.78 Å². The molecule has 1 heterocycles. The minimum atomic E-state index is -2.48. The van der Waals surface area contributed by atoms with Crippen LogP contribution < -0.4 is 4.90 Å². The Morgan fingerprint density at radius 1 is 1.09 bits per heavy atom. The number of rotatable bonds is 3. The first kappa shape index (κ1) is 15.6. The molecule has 1 unspecified atom stereocenters. The summed E-state index contributed by atoms with van der Waals surface area (Å²) in [5, 5.41) is 1.52. The largest absolute Gasteiger partial charge is 0.327 e. The lowest BCUT2D eigenvalue weighted by Gasteiger charge is -2.28. The summed E-state index contributed by atoms with van der Waals surface area (Å²) in [5.41, 5.74) is 2.85. The Bertz CT molecular complexity index is 700. The molecule has 0 aliphatic carbocycles. The Morgan fingerprint density at radius 2 is 1.77 bits per heavy atom. The molecule has 22 heavy (non-hydrogen) atoms. The van der Waals surface area contributed by atoms with E-state index in [9.17, 15) is 8.78 Å². The maximum absolute atomic E-state index is 13.3. The van der Waals surface area contributed by atoms with Crippen LogP contribution in [0.3, 0.4) is 0 Å². The van der Waals surface area contributed by atoms with E-state index in [1.54, 1.807) is 10.3 Å². The number of allylic oxidation sites excluding steroid dienone is 1. The van der Waals surface area contributed by atoms with Gasteiger partial charge >= 0.3 is 0 Å². The predicted molar refractivity (Wildman–Crippen MR) is 93.2 cm³/mol. The molecule has 114 valence electrons. The van der Waals surface area contributed by atoms with Crippen LogP contribution in [0, 0.1) is 0 Å². The van der Waals surface area contributed by atoms with Crippen molar-refractivity contribution in [3.8, 4) is 11.1 Å². The van der Waals surface area contributed by atoms with Gasteiger partial charge in [0.25, 0.3) is 6.43 Å². The maximum atomic E-state index is 13.3. The number of halogens is 3. The summed E-state index contributed by atoms with van der Waals surface area (Å²) in [6.45, 7) is 1.94. The molecule has 0 amide bonds. The van der Waals surface area contributed by atoms with Gasteiger partial charge in [0.1, 0.15) is 0 Å². The number of benzene rings is 2. The molecule has 0 saturated heterocycles. The average molecular weight is 382 g/mol. The molecule has 1 nitrogen and oxygen atoms in total. The third-order valence-electron chi connectivity index (χ3n) is 3.57. The number of hydrogen-bond donors (Lipinski definition) is 0. The maximum Gasteiger partial charge on any atom is 0.278 e. The number of anilines is 1. The van der Waals surface area contributed by atoms with Crippen LogP contribution in [0.25, 0.3) is 11.1 Å². The molecular formula is C17H14BrF2NS. The van der Waals surface area contributed by atoms with Gasteiger partial charge in [0.15, 0.2) is 0 Å². The molecule has 0 fully saturated rings. The third kappa shape index (κ3) is 2.92. The molecule has 1 aliphatic heterocycles. The summed E-state index contributed by atoms with van der Waals surface area (Å²) in [4.78, 5) is 1.73. The lowest BCUT2D eigenvalue weighted by molar-refractivity contribution is 0.186. The standard InChI is InChI=1S/C17H14BrF2NS/c1-11-21(16(10-22-11)17(19)20)15-5-3-2-4-14(15)12-6-8-13(18)9-7-12/h2-11,17H,1H3. The van der Waals surface area contributed by atoms with Crippen molar-refractivity contribution in [1.29, 1.82) is 0 Å². The van der Waals surface area contributed by atoms with Crippen LogP contribution >= 0.6 is 27.7 Å². The minimum absolute atomic E-state index is 0.0411. The summed E-state index contributed by atoms with van der Waals surface area (Å²) in [6.07, 6.45) is -2.48. The van der Waals surface area contributed by atoms with Gasteiger partial charge in [0, 0.05) is 15.7 Å². The van der Waals surface area contributed by atoms with E-state index < -0.39 is 6.43 Å². The quantitative estimate of drug-likeness (QED) is 0.629. The molecule has 0 saturated carbocycles. The highest BCUT2D eigenvalue weighted by Crippen LogP contribution is 2.42. The van der Waals surface area contributed by atoms with Gasteiger partial charge in [0.05, 0.1) is 11.1 Å². The van der Waals surface area contributed by atoms with E-state index in [0.29, 0.717) is 0 Å². The Labute approximate surface area is 141 Å². The SMILES string of the molecule is CC1SC=C(C(F)F)N1c1ccccc1-c1ccc(Br)cc1. The van der Waals surface area contributed by atoms with Crippen molar-refractivity contribution in [3.05, 3.63) is 64.1 Å². The second kappa shape index (κ2) is 6.42. The van der Waals surface area contributed by atoms with E-state index in [0.717, 1.165) is 21.3 Å². The van der Waals surface area contributed by atoms with E-state index in [2.05, 4.69) is 15.9 Å². The van der Waals surface area contributed by atoms with Gasteiger partial charge in [-0.2, -0.15) is 0 Å². The Hall–Kier alpha value is -1.33. The van der Waals surface area contributed by atoms with Crippen LogP contribution in [0.1, 0.15) is 6.92 Å². The fourth-order valence-corrected chi connectivity index (χ4v) is 3.72. The molecule has 0 N–H and O–H groups in total. The first-order chi connectivity index (χ1) is 10.6. The first-order valence-electron chi connectivity index (χ1n) is 6.86. The molecule has 3 rings (SSSR count). The number of para-hydroxylation sites is 1. The van der Waals surface area contributed by atoms with Gasteiger partial charge in [0.2, 0.25) is 0 Å². The number of alkyl halides is 2. The summed E-state index contributed by atoms with van der Waals surface area (Å²) in [7, 11) is 0. The van der Waals surface area contributed by atoms with Crippen LogP contribution in [0.4, 0.5) is 14.5 Å². The number of thioether (sulfide) groups is 1. The van der Waals surface area contributed by atoms with E-state index in [1.165, 1.54) is 11.8 Å². The Balaban J connectivity index is 2.08. The molecular weight excluding hydrogens is 368 g/mol. The van der Waals surface area contributed by atoms with Crippen molar-refractivity contribution in [2.75, 3.05) is 4.90 Å². The smallest absolute Gasteiger partial charge is 0.278 e. The number of hydrogen-bond acceptors (Lipinski definition) is 2. The predicted octanol–water partition coefficient (Wildman–Crippen LogP) is 6.12. The number of nitrogens with zero attached hydrogens (tertiary/aromatic N) is 1. The second-order valence-corrected chi connectivity index (χ2v) is 7.08. The van der Waals surface area contributed by atoms with Gasteiger partial charge in [-0.1, -0.05) is 46.3 Å². The van der Waals surface area contributed by atoms with Gasteiger partial charge in [-0.05, 0) is 36.1 Å². The first-order valence-corrected chi connectivity index (χ1v) is 8.59. The molecule has 5 heteroatoms. The molecule has 1 atom stereocenters. The van der Waals surface area contributed by atoms with Crippen molar-refractivity contribution >= 4 is 33.4 Å². The van der Waals surface area contributed by atoms with Crippen molar-refractivity contribution in [2.24, 2.45) is 0 Å².